The average Bonchev–Trinajstić information content (AvgIpc) is 2.36. The molecule has 1 atom stereocenters. The molecule has 114 valence electrons. The highest BCUT2D eigenvalue weighted by Gasteiger charge is 2.20. The maximum atomic E-state index is 11.8. The number of hydrogen-bond acceptors (Lipinski definition) is 3. The molecule has 0 aliphatic heterocycles. The number of methoxy groups -OCH3 is 1. The molecule has 0 bridgehead atoms. The molecule has 0 aromatic heterocycles. The molecule has 0 saturated heterocycles. The predicted octanol–water partition coefficient (Wildman–Crippen LogP) is 2.46. The van der Waals surface area contributed by atoms with E-state index in [1.807, 2.05) is 0 Å². The van der Waals surface area contributed by atoms with Crippen molar-refractivity contribution in [2.45, 2.75) is 65.3 Å². The van der Waals surface area contributed by atoms with E-state index in [1.54, 1.807) is 7.11 Å². The van der Waals surface area contributed by atoms with Crippen LogP contribution in [0.2, 0.25) is 0 Å². The van der Waals surface area contributed by atoms with Gasteiger partial charge < -0.3 is 15.8 Å². The van der Waals surface area contributed by atoms with Crippen LogP contribution in [0, 0.1) is 5.41 Å². The topological polar surface area (TPSA) is 64.4 Å². The van der Waals surface area contributed by atoms with Gasteiger partial charge >= 0.3 is 0 Å². The van der Waals surface area contributed by atoms with Crippen molar-refractivity contribution in [3.63, 3.8) is 0 Å². The van der Waals surface area contributed by atoms with Crippen LogP contribution >= 0.6 is 0 Å². The number of hydrogen-bond donors (Lipinski definition) is 2. The quantitative estimate of drug-likeness (QED) is 0.568. The fourth-order valence-corrected chi connectivity index (χ4v) is 1.98. The van der Waals surface area contributed by atoms with E-state index in [2.05, 4.69) is 26.1 Å². The van der Waals surface area contributed by atoms with Gasteiger partial charge in [-0.15, -0.1) is 0 Å². The van der Waals surface area contributed by atoms with Crippen molar-refractivity contribution in [2.24, 2.45) is 11.1 Å². The number of rotatable bonds is 11. The van der Waals surface area contributed by atoms with E-state index in [0.717, 1.165) is 12.8 Å². The van der Waals surface area contributed by atoms with E-state index in [1.165, 1.54) is 19.3 Å². The predicted molar refractivity (Wildman–Crippen MR) is 80.0 cm³/mol. The smallest absolute Gasteiger partial charge is 0.236 e. The van der Waals surface area contributed by atoms with Crippen LogP contribution in [-0.2, 0) is 9.53 Å². The number of amides is 1. The summed E-state index contributed by atoms with van der Waals surface area (Å²) in [5.41, 5.74) is 5.99. The highest BCUT2D eigenvalue weighted by atomic mass is 16.5. The molecule has 0 spiro atoms. The van der Waals surface area contributed by atoms with Gasteiger partial charge in [0.1, 0.15) is 0 Å². The molecular formula is C15H32N2O2. The van der Waals surface area contributed by atoms with Gasteiger partial charge in [-0.25, -0.2) is 0 Å². The van der Waals surface area contributed by atoms with Crippen LogP contribution < -0.4 is 11.1 Å². The molecule has 0 saturated carbocycles. The molecule has 19 heavy (non-hydrogen) atoms. The third kappa shape index (κ3) is 9.91. The zero-order valence-corrected chi connectivity index (χ0v) is 13.1. The van der Waals surface area contributed by atoms with E-state index in [-0.39, 0.29) is 11.3 Å². The second-order valence-electron chi connectivity index (χ2n) is 6.08. The Morgan fingerprint density at radius 1 is 1.32 bits per heavy atom. The summed E-state index contributed by atoms with van der Waals surface area (Å²) in [7, 11) is 1.66. The minimum absolute atomic E-state index is 0.0420. The summed E-state index contributed by atoms with van der Waals surface area (Å²) in [6, 6.07) is -0.415. The van der Waals surface area contributed by atoms with Gasteiger partial charge in [-0.1, -0.05) is 40.0 Å². The number of nitrogens with two attached hydrogens (primary N) is 1. The van der Waals surface area contributed by atoms with Crippen molar-refractivity contribution in [3.05, 3.63) is 0 Å². The van der Waals surface area contributed by atoms with Crippen LogP contribution in [0.4, 0.5) is 0 Å². The monoisotopic (exact) mass is 272 g/mol. The highest BCUT2D eigenvalue weighted by molar-refractivity contribution is 5.81. The van der Waals surface area contributed by atoms with Gasteiger partial charge in [-0.3, -0.25) is 4.79 Å². The van der Waals surface area contributed by atoms with Gasteiger partial charge in [0.05, 0.1) is 6.04 Å². The minimum Gasteiger partial charge on any atom is -0.385 e. The number of nitrogens with one attached hydrogen (secondary N) is 1. The maximum Gasteiger partial charge on any atom is 0.236 e. The van der Waals surface area contributed by atoms with Crippen LogP contribution in [-0.4, -0.2) is 32.2 Å². The number of unbranched alkanes of at least 4 members (excludes halogenated alkanes) is 2. The Kier molecular flexibility index (Phi) is 9.88. The zero-order chi connectivity index (χ0) is 14.7. The van der Waals surface area contributed by atoms with Crippen LogP contribution in [0.3, 0.4) is 0 Å². The standard InChI is InChI=1S/C15H32N2O2/c1-5-6-7-10-15(2,3)12-17-14(18)13(16)9-8-11-19-4/h13H,5-12,16H2,1-4H3,(H,17,18). The SMILES string of the molecule is CCCCCC(C)(C)CNC(=O)C(N)CCCOC. The molecule has 0 aromatic carbocycles. The fourth-order valence-electron chi connectivity index (χ4n) is 1.98. The summed E-state index contributed by atoms with van der Waals surface area (Å²) < 4.78 is 4.95. The first-order valence-electron chi connectivity index (χ1n) is 7.45. The molecular weight excluding hydrogens is 240 g/mol. The van der Waals surface area contributed by atoms with Crippen molar-refractivity contribution in [1.29, 1.82) is 0 Å². The van der Waals surface area contributed by atoms with Crippen LogP contribution in [0.15, 0.2) is 0 Å². The van der Waals surface area contributed by atoms with E-state index in [9.17, 15) is 4.79 Å². The molecule has 0 heterocycles. The Labute approximate surface area is 118 Å². The molecule has 1 unspecified atom stereocenters. The Morgan fingerprint density at radius 3 is 2.58 bits per heavy atom. The highest BCUT2D eigenvalue weighted by Crippen LogP contribution is 2.22. The van der Waals surface area contributed by atoms with Crippen molar-refractivity contribution >= 4 is 5.91 Å². The average molecular weight is 272 g/mol. The Balaban J connectivity index is 3.86. The maximum absolute atomic E-state index is 11.8. The molecule has 0 aliphatic carbocycles. The summed E-state index contributed by atoms with van der Waals surface area (Å²) in [6.45, 7) is 7.95. The summed E-state index contributed by atoms with van der Waals surface area (Å²) in [5.74, 6) is -0.0420. The van der Waals surface area contributed by atoms with Gasteiger partial charge in [0, 0.05) is 20.3 Å². The summed E-state index contributed by atoms with van der Waals surface area (Å²) >= 11 is 0. The van der Waals surface area contributed by atoms with Gasteiger partial charge in [0.25, 0.3) is 0 Å². The molecule has 0 radical (unpaired) electrons. The normalized spacial score (nSPS) is 13.3. The lowest BCUT2D eigenvalue weighted by atomic mass is 9.87. The molecule has 0 fully saturated rings. The van der Waals surface area contributed by atoms with Crippen molar-refractivity contribution in [3.8, 4) is 0 Å². The summed E-state index contributed by atoms with van der Waals surface area (Å²) in [4.78, 5) is 11.8. The summed E-state index contributed by atoms with van der Waals surface area (Å²) in [6.07, 6.45) is 6.35. The van der Waals surface area contributed by atoms with E-state index in [0.29, 0.717) is 19.6 Å². The fraction of sp³-hybridized carbons (Fsp3) is 0.933. The third-order valence-electron chi connectivity index (χ3n) is 3.40. The van der Waals surface area contributed by atoms with Crippen molar-refractivity contribution in [1.82, 2.24) is 5.32 Å². The first-order chi connectivity index (χ1) is 8.93. The lowest BCUT2D eigenvalue weighted by Gasteiger charge is -2.25. The third-order valence-corrected chi connectivity index (χ3v) is 3.40. The molecule has 0 rings (SSSR count). The molecule has 1 amide bonds. The lowest BCUT2D eigenvalue weighted by molar-refractivity contribution is -0.123. The second-order valence-corrected chi connectivity index (χ2v) is 6.08. The molecule has 4 heteroatoms. The molecule has 3 N–H and O–H groups in total. The Hall–Kier alpha value is -0.610. The van der Waals surface area contributed by atoms with Crippen LogP contribution in [0.1, 0.15) is 59.3 Å². The second kappa shape index (κ2) is 10.2. The Bertz CT molecular complexity index is 242. The molecule has 0 aliphatic rings. The van der Waals surface area contributed by atoms with E-state index < -0.39 is 6.04 Å². The molecule has 0 aromatic rings. The Morgan fingerprint density at radius 2 is 2.00 bits per heavy atom. The van der Waals surface area contributed by atoms with E-state index in [4.69, 9.17) is 10.5 Å². The van der Waals surface area contributed by atoms with Gasteiger partial charge in [0.2, 0.25) is 5.91 Å². The number of carbonyl (C=O) groups excluding carboxylic acids is 1. The van der Waals surface area contributed by atoms with Gasteiger partial charge in [-0.2, -0.15) is 0 Å². The zero-order valence-electron chi connectivity index (χ0n) is 13.1. The van der Waals surface area contributed by atoms with Crippen LogP contribution in [0.5, 0.6) is 0 Å². The number of ether oxygens (including phenoxy) is 1. The van der Waals surface area contributed by atoms with Crippen molar-refractivity contribution in [2.75, 3.05) is 20.3 Å². The largest absolute Gasteiger partial charge is 0.385 e. The van der Waals surface area contributed by atoms with E-state index >= 15 is 0 Å². The first kappa shape index (κ1) is 18.4. The van der Waals surface area contributed by atoms with Gasteiger partial charge in [0.15, 0.2) is 0 Å². The lowest BCUT2D eigenvalue weighted by Crippen LogP contribution is -2.44. The minimum atomic E-state index is -0.415. The van der Waals surface area contributed by atoms with Crippen molar-refractivity contribution < 1.29 is 9.53 Å². The number of carbonyl (C=O) groups is 1. The summed E-state index contributed by atoms with van der Waals surface area (Å²) in [5, 5.41) is 2.97. The van der Waals surface area contributed by atoms with Gasteiger partial charge in [-0.05, 0) is 24.7 Å². The molecule has 4 nitrogen and oxygen atoms in total. The van der Waals surface area contributed by atoms with Crippen LogP contribution in [0.25, 0.3) is 0 Å². The first-order valence-corrected chi connectivity index (χ1v) is 7.45.